The molecular weight excluding hydrogens is 377 g/mol. The van der Waals surface area contributed by atoms with Crippen molar-refractivity contribution in [3.05, 3.63) is 53.3 Å². The molecule has 132 valence electrons. The van der Waals surface area contributed by atoms with Crippen LogP contribution in [-0.4, -0.2) is 43.7 Å². The second kappa shape index (κ2) is 6.89. The molecule has 2 aromatic heterocycles. The van der Waals surface area contributed by atoms with Crippen molar-refractivity contribution in [2.24, 2.45) is 5.92 Å². The summed E-state index contributed by atoms with van der Waals surface area (Å²) in [5, 5.41) is 7.82. The highest BCUT2D eigenvalue weighted by Gasteiger charge is 2.34. The molecule has 1 fully saturated rings. The number of anilines is 2. The second-order valence-electron chi connectivity index (χ2n) is 5.79. The quantitative estimate of drug-likeness (QED) is 0.736. The van der Waals surface area contributed by atoms with Gasteiger partial charge in [-0.1, -0.05) is 23.2 Å². The molecule has 0 spiro atoms. The Kier molecular flexibility index (Phi) is 4.44. The van der Waals surface area contributed by atoms with Crippen LogP contribution in [0.5, 0.6) is 0 Å². The Balaban J connectivity index is 1.39. The lowest BCUT2D eigenvalue weighted by Gasteiger charge is -2.39. The van der Waals surface area contributed by atoms with Crippen LogP contribution in [0.15, 0.2) is 43.2 Å². The summed E-state index contributed by atoms with van der Waals surface area (Å²) in [6, 6.07) is 6.77. The molecule has 0 radical (unpaired) electrons. The van der Waals surface area contributed by atoms with Crippen molar-refractivity contribution in [3.8, 4) is 5.82 Å². The van der Waals surface area contributed by atoms with Gasteiger partial charge in [-0.2, -0.15) is 5.10 Å². The standard InChI is InChI=1S/C16H13Cl2N7O/c17-11-1-2-13(12(18)3-11)23-16(26)10-5-24(6-10)14-4-15(21-8-20-14)25-9-19-7-22-25/h1-4,7-10H,5-6H2,(H,23,26). The van der Waals surface area contributed by atoms with Crippen LogP contribution in [0.3, 0.4) is 0 Å². The zero-order valence-electron chi connectivity index (χ0n) is 13.4. The van der Waals surface area contributed by atoms with Gasteiger partial charge in [0.15, 0.2) is 5.82 Å². The van der Waals surface area contributed by atoms with Gasteiger partial charge in [-0.25, -0.2) is 19.6 Å². The highest BCUT2D eigenvalue weighted by molar-refractivity contribution is 6.36. The van der Waals surface area contributed by atoms with Crippen LogP contribution in [0.1, 0.15) is 0 Å². The molecule has 3 heterocycles. The van der Waals surface area contributed by atoms with Crippen molar-refractivity contribution in [1.29, 1.82) is 0 Å². The lowest BCUT2D eigenvalue weighted by atomic mass is 9.99. The molecule has 0 aliphatic carbocycles. The SMILES string of the molecule is O=C(Nc1ccc(Cl)cc1Cl)C1CN(c2cc(-n3cncn3)ncn2)C1. The third kappa shape index (κ3) is 3.33. The molecule has 0 unspecified atom stereocenters. The van der Waals surface area contributed by atoms with E-state index < -0.39 is 0 Å². The minimum Gasteiger partial charge on any atom is -0.355 e. The fraction of sp³-hybridized carbons (Fsp3) is 0.188. The number of hydrogen-bond acceptors (Lipinski definition) is 6. The predicted molar refractivity (Wildman–Crippen MR) is 97.7 cm³/mol. The number of carbonyl (C=O) groups is 1. The minimum absolute atomic E-state index is 0.0870. The van der Waals surface area contributed by atoms with E-state index >= 15 is 0 Å². The molecule has 0 bridgehead atoms. The van der Waals surface area contributed by atoms with Crippen LogP contribution >= 0.6 is 23.2 Å². The molecule has 10 heteroatoms. The average Bonchev–Trinajstić information content (AvgIpc) is 3.11. The van der Waals surface area contributed by atoms with E-state index in [1.807, 2.05) is 4.90 Å². The molecule has 1 aliphatic rings. The number of amides is 1. The van der Waals surface area contributed by atoms with Gasteiger partial charge in [0.1, 0.15) is 24.8 Å². The summed E-state index contributed by atoms with van der Waals surface area (Å²) in [5.74, 6) is 1.12. The van der Waals surface area contributed by atoms with Gasteiger partial charge >= 0.3 is 0 Å². The maximum Gasteiger partial charge on any atom is 0.231 e. The molecule has 1 amide bonds. The third-order valence-electron chi connectivity index (χ3n) is 4.06. The molecule has 1 aromatic carbocycles. The third-order valence-corrected chi connectivity index (χ3v) is 4.60. The van der Waals surface area contributed by atoms with Gasteiger partial charge < -0.3 is 10.2 Å². The van der Waals surface area contributed by atoms with Gasteiger partial charge in [-0.3, -0.25) is 4.79 Å². The molecule has 0 atom stereocenters. The lowest BCUT2D eigenvalue weighted by Crippen LogP contribution is -2.52. The highest BCUT2D eigenvalue weighted by Crippen LogP contribution is 2.28. The van der Waals surface area contributed by atoms with Crippen LogP contribution in [0.4, 0.5) is 11.5 Å². The lowest BCUT2D eigenvalue weighted by molar-refractivity contribution is -0.120. The minimum atomic E-state index is -0.147. The number of aromatic nitrogens is 5. The van der Waals surface area contributed by atoms with Gasteiger partial charge in [-0.15, -0.1) is 0 Å². The van der Waals surface area contributed by atoms with Gasteiger partial charge in [0.05, 0.1) is 16.6 Å². The summed E-state index contributed by atoms with van der Waals surface area (Å²) in [7, 11) is 0. The van der Waals surface area contributed by atoms with E-state index in [1.54, 1.807) is 35.3 Å². The maximum atomic E-state index is 12.4. The first-order chi connectivity index (χ1) is 12.6. The van der Waals surface area contributed by atoms with Crippen molar-refractivity contribution in [2.75, 3.05) is 23.3 Å². The van der Waals surface area contributed by atoms with Crippen molar-refractivity contribution in [1.82, 2.24) is 24.7 Å². The van der Waals surface area contributed by atoms with Gasteiger partial charge in [0, 0.05) is 24.2 Å². The predicted octanol–water partition coefficient (Wildman–Crippen LogP) is 2.44. The number of hydrogen-bond donors (Lipinski definition) is 1. The Morgan fingerprint density at radius 3 is 2.65 bits per heavy atom. The Labute approximate surface area is 158 Å². The Morgan fingerprint density at radius 2 is 1.92 bits per heavy atom. The van der Waals surface area contributed by atoms with Crippen LogP contribution in [0.2, 0.25) is 10.0 Å². The Bertz CT molecular complexity index is 942. The van der Waals surface area contributed by atoms with Crippen molar-refractivity contribution in [3.63, 3.8) is 0 Å². The number of nitrogens with one attached hydrogen (secondary N) is 1. The average molecular weight is 390 g/mol. The van der Waals surface area contributed by atoms with E-state index in [0.717, 1.165) is 5.82 Å². The van der Waals surface area contributed by atoms with E-state index in [2.05, 4.69) is 25.4 Å². The normalized spacial score (nSPS) is 14.2. The summed E-state index contributed by atoms with van der Waals surface area (Å²) in [6.45, 7) is 1.12. The zero-order valence-corrected chi connectivity index (χ0v) is 14.9. The fourth-order valence-electron chi connectivity index (χ4n) is 2.62. The summed E-state index contributed by atoms with van der Waals surface area (Å²) in [6.07, 6.45) is 4.47. The van der Waals surface area contributed by atoms with Crippen LogP contribution in [0.25, 0.3) is 5.82 Å². The monoisotopic (exact) mass is 389 g/mol. The van der Waals surface area contributed by atoms with E-state index in [-0.39, 0.29) is 11.8 Å². The molecular formula is C16H13Cl2N7O. The Morgan fingerprint density at radius 1 is 1.12 bits per heavy atom. The smallest absolute Gasteiger partial charge is 0.231 e. The summed E-state index contributed by atoms with van der Waals surface area (Å²) < 4.78 is 1.55. The summed E-state index contributed by atoms with van der Waals surface area (Å²) in [4.78, 5) is 26.7. The van der Waals surface area contributed by atoms with E-state index in [1.165, 1.54) is 12.7 Å². The number of nitrogens with zero attached hydrogens (tertiary/aromatic N) is 6. The van der Waals surface area contributed by atoms with Gasteiger partial charge in [0.2, 0.25) is 5.91 Å². The number of halogens is 2. The fourth-order valence-corrected chi connectivity index (χ4v) is 3.07. The van der Waals surface area contributed by atoms with E-state index in [9.17, 15) is 4.79 Å². The molecule has 1 N–H and O–H groups in total. The topological polar surface area (TPSA) is 88.8 Å². The number of carbonyl (C=O) groups excluding carboxylic acids is 1. The highest BCUT2D eigenvalue weighted by atomic mass is 35.5. The van der Waals surface area contributed by atoms with Crippen LogP contribution < -0.4 is 10.2 Å². The first kappa shape index (κ1) is 16.7. The number of benzene rings is 1. The molecule has 3 aromatic rings. The second-order valence-corrected chi connectivity index (χ2v) is 6.63. The Hall–Kier alpha value is -2.71. The molecule has 1 saturated heterocycles. The number of rotatable bonds is 4. The van der Waals surface area contributed by atoms with Gasteiger partial charge in [-0.05, 0) is 18.2 Å². The largest absolute Gasteiger partial charge is 0.355 e. The summed E-state index contributed by atoms with van der Waals surface area (Å²) >= 11 is 12.0. The first-order valence-corrected chi connectivity index (χ1v) is 8.53. The molecule has 26 heavy (non-hydrogen) atoms. The van der Waals surface area contributed by atoms with E-state index in [0.29, 0.717) is 34.6 Å². The van der Waals surface area contributed by atoms with Crippen molar-refractivity contribution in [2.45, 2.75) is 0 Å². The van der Waals surface area contributed by atoms with Crippen molar-refractivity contribution >= 4 is 40.6 Å². The first-order valence-electron chi connectivity index (χ1n) is 7.78. The summed E-state index contributed by atoms with van der Waals surface area (Å²) in [5.41, 5.74) is 0.551. The van der Waals surface area contributed by atoms with Crippen LogP contribution in [0, 0.1) is 5.92 Å². The molecule has 8 nitrogen and oxygen atoms in total. The van der Waals surface area contributed by atoms with Crippen molar-refractivity contribution < 1.29 is 4.79 Å². The van der Waals surface area contributed by atoms with E-state index in [4.69, 9.17) is 23.2 Å². The van der Waals surface area contributed by atoms with Gasteiger partial charge in [0.25, 0.3) is 0 Å². The molecule has 4 rings (SSSR count). The molecule has 1 aliphatic heterocycles. The van der Waals surface area contributed by atoms with Crippen LogP contribution in [-0.2, 0) is 4.79 Å². The zero-order chi connectivity index (χ0) is 18.1. The molecule has 0 saturated carbocycles. The maximum absolute atomic E-state index is 12.4.